The fraction of sp³-hybridized carbons (Fsp3) is 0.588. The van der Waals surface area contributed by atoms with Crippen molar-refractivity contribution >= 4 is 5.97 Å². The van der Waals surface area contributed by atoms with Crippen molar-refractivity contribution in [3.05, 3.63) is 29.8 Å². The Kier molecular flexibility index (Phi) is 3.89. The van der Waals surface area contributed by atoms with Crippen molar-refractivity contribution in [2.24, 2.45) is 11.8 Å². The molecule has 1 aromatic rings. The number of nitrogens with zero attached hydrogens (tertiary/aromatic N) is 1. The molecule has 0 bridgehead atoms. The van der Waals surface area contributed by atoms with Gasteiger partial charge in [-0.1, -0.05) is 31.5 Å². The number of phenols is 1. The third-order valence-corrected chi connectivity index (χ3v) is 5.26. The van der Waals surface area contributed by atoms with E-state index < -0.39 is 12.0 Å². The SMILES string of the molecule is CCC(c1ccccc1O)N1CC2CCCC2C1C(=O)O. The number of fused-ring (bicyclic) bond motifs is 1. The van der Waals surface area contributed by atoms with Gasteiger partial charge in [-0.3, -0.25) is 9.69 Å². The number of aromatic hydroxyl groups is 1. The number of rotatable bonds is 4. The number of carbonyl (C=O) groups is 1. The summed E-state index contributed by atoms with van der Waals surface area (Å²) >= 11 is 0. The first-order chi connectivity index (χ1) is 10.1. The highest BCUT2D eigenvalue weighted by molar-refractivity contribution is 5.74. The van der Waals surface area contributed by atoms with E-state index >= 15 is 0 Å². The van der Waals surface area contributed by atoms with Gasteiger partial charge in [0.05, 0.1) is 0 Å². The minimum absolute atomic E-state index is 0.0158. The highest BCUT2D eigenvalue weighted by Gasteiger charge is 2.49. The normalized spacial score (nSPS) is 30.2. The molecule has 1 heterocycles. The van der Waals surface area contributed by atoms with Crippen LogP contribution in [-0.4, -0.2) is 33.7 Å². The predicted molar refractivity (Wildman–Crippen MR) is 80.1 cm³/mol. The molecule has 0 radical (unpaired) electrons. The minimum Gasteiger partial charge on any atom is -0.508 e. The van der Waals surface area contributed by atoms with Gasteiger partial charge in [-0.05, 0) is 37.2 Å². The maximum Gasteiger partial charge on any atom is 0.321 e. The number of hydrogen-bond donors (Lipinski definition) is 2. The van der Waals surface area contributed by atoms with E-state index in [1.54, 1.807) is 12.1 Å². The Hall–Kier alpha value is -1.55. The van der Waals surface area contributed by atoms with Crippen molar-refractivity contribution in [1.29, 1.82) is 0 Å². The third-order valence-electron chi connectivity index (χ3n) is 5.26. The van der Waals surface area contributed by atoms with Crippen molar-refractivity contribution in [3.8, 4) is 5.75 Å². The molecule has 1 aliphatic carbocycles. The van der Waals surface area contributed by atoms with Gasteiger partial charge in [0.1, 0.15) is 11.8 Å². The van der Waals surface area contributed by atoms with Gasteiger partial charge < -0.3 is 10.2 Å². The van der Waals surface area contributed by atoms with Gasteiger partial charge in [-0.15, -0.1) is 0 Å². The van der Waals surface area contributed by atoms with Gasteiger partial charge in [-0.25, -0.2) is 0 Å². The van der Waals surface area contributed by atoms with Crippen LogP contribution in [0, 0.1) is 11.8 Å². The van der Waals surface area contributed by atoms with E-state index in [-0.39, 0.29) is 17.7 Å². The molecule has 21 heavy (non-hydrogen) atoms. The summed E-state index contributed by atoms with van der Waals surface area (Å²) in [5.74, 6) is 0.345. The quantitative estimate of drug-likeness (QED) is 0.894. The Bertz CT molecular complexity index is 531. The molecule has 3 rings (SSSR count). The van der Waals surface area contributed by atoms with Crippen LogP contribution in [-0.2, 0) is 4.79 Å². The molecule has 4 nitrogen and oxygen atoms in total. The monoisotopic (exact) mass is 289 g/mol. The first kappa shape index (κ1) is 14.4. The highest BCUT2D eigenvalue weighted by Crippen LogP contribution is 2.46. The topological polar surface area (TPSA) is 60.8 Å². The number of phenolic OH excluding ortho intramolecular Hbond substituents is 1. The number of aliphatic carboxylic acids is 1. The second-order valence-electron chi connectivity index (χ2n) is 6.32. The Balaban J connectivity index is 1.93. The molecule has 4 atom stereocenters. The molecule has 1 saturated carbocycles. The zero-order valence-corrected chi connectivity index (χ0v) is 12.4. The minimum atomic E-state index is -0.710. The van der Waals surface area contributed by atoms with E-state index in [4.69, 9.17) is 0 Å². The molecular weight excluding hydrogens is 266 g/mol. The third kappa shape index (κ3) is 2.42. The molecule has 4 unspecified atom stereocenters. The summed E-state index contributed by atoms with van der Waals surface area (Å²) in [5.41, 5.74) is 0.853. The first-order valence-electron chi connectivity index (χ1n) is 7.90. The van der Waals surface area contributed by atoms with Crippen molar-refractivity contribution in [2.75, 3.05) is 6.54 Å². The van der Waals surface area contributed by atoms with E-state index in [2.05, 4.69) is 11.8 Å². The lowest BCUT2D eigenvalue weighted by molar-refractivity contribution is -0.144. The zero-order valence-electron chi connectivity index (χ0n) is 12.4. The largest absolute Gasteiger partial charge is 0.508 e. The lowest BCUT2D eigenvalue weighted by Crippen LogP contribution is -2.41. The highest BCUT2D eigenvalue weighted by atomic mass is 16.4. The van der Waals surface area contributed by atoms with Gasteiger partial charge in [0.2, 0.25) is 0 Å². The second-order valence-corrected chi connectivity index (χ2v) is 6.32. The summed E-state index contributed by atoms with van der Waals surface area (Å²) < 4.78 is 0. The number of carboxylic acid groups (broad SMARTS) is 1. The average Bonchev–Trinajstić information content (AvgIpc) is 3.01. The van der Waals surface area contributed by atoms with Crippen LogP contribution in [0.1, 0.15) is 44.2 Å². The maximum atomic E-state index is 11.8. The van der Waals surface area contributed by atoms with Crippen LogP contribution in [0.5, 0.6) is 5.75 Å². The number of likely N-dealkylation sites (tertiary alicyclic amines) is 1. The molecule has 2 fully saturated rings. The van der Waals surface area contributed by atoms with Crippen molar-refractivity contribution in [3.63, 3.8) is 0 Å². The van der Waals surface area contributed by atoms with Crippen LogP contribution in [0.25, 0.3) is 0 Å². The Morgan fingerprint density at radius 2 is 2.14 bits per heavy atom. The van der Waals surface area contributed by atoms with E-state index in [0.29, 0.717) is 5.92 Å². The maximum absolute atomic E-state index is 11.8. The lowest BCUT2D eigenvalue weighted by atomic mass is 9.93. The van der Waals surface area contributed by atoms with Crippen molar-refractivity contribution < 1.29 is 15.0 Å². The summed E-state index contributed by atoms with van der Waals surface area (Å²) in [6.45, 7) is 2.90. The fourth-order valence-electron chi connectivity index (χ4n) is 4.39. The molecule has 1 saturated heterocycles. The lowest BCUT2D eigenvalue weighted by Gasteiger charge is -2.32. The van der Waals surface area contributed by atoms with Gasteiger partial charge in [0, 0.05) is 18.2 Å². The van der Waals surface area contributed by atoms with Crippen LogP contribution in [0.15, 0.2) is 24.3 Å². The summed E-state index contributed by atoms with van der Waals surface area (Å²) in [6, 6.07) is 6.89. The van der Waals surface area contributed by atoms with Crippen LogP contribution >= 0.6 is 0 Å². The molecule has 4 heteroatoms. The molecule has 2 aliphatic rings. The molecule has 2 N–H and O–H groups in total. The molecular formula is C17H23NO3. The number of carboxylic acids is 1. The fourth-order valence-corrected chi connectivity index (χ4v) is 4.39. The Morgan fingerprint density at radius 1 is 1.38 bits per heavy atom. The average molecular weight is 289 g/mol. The molecule has 1 aliphatic heterocycles. The summed E-state index contributed by atoms with van der Waals surface area (Å²) in [5, 5.41) is 19.8. The van der Waals surface area contributed by atoms with Gasteiger partial charge in [-0.2, -0.15) is 0 Å². The molecule has 114 valence electrons. The van der Waals surface area contributed by atoms with Crippen LogP contribution in [0.3, 0.4) is 0 Å². The molecule has 0 aromatic heterocycles. The zero-order chi connectivity index (χ0) is 15.0. The van der Waals surface area contributed by atoms with Gasteiger partial charge in [0.25, 0.3) is 0 Å². The van der Waals surface area contributed by atoms with Crippen molar-refractivity contribution in [1.82, 2.24) is 4.90 Å². The van der Waals surface area contributed by atoms with E-state index in [1.165, 1.54) is 0 Å². The van der Waals surface area contributed by atoms with Gasteiger partial charge >= 0.3 is 5.97 Å². The summed E-state index contributed by atoms with van der Waals surface area (Å²) in [6.07, 6.45) is 4.12. The van der Waals surface area contributed by atoms with Crippen LogP contribution < -0.4 is 0 Å². The Labute approximate surface area is 125 Å². The summed E-state index contributed by atoms with van der Waals surface area (Å²) in [4.78, 5) is 13.9. The number of para-hydroxylation sites is 1. The number of benzene rings is 1. The predicted octanol–water partition coefficient (Wildman–Crippen LogP) is 3.03. The molecule has 0 amide bonds. The second kappa shape index (κ2) is 5.68. The smallest absolute Gasteiger partial charge is 0.321 e. The first-order valence-corrected chi connectivity index (χ1v) is 7.90. The van der Waals surface area contributed by atoms with E-state index in [9.17, 15) is 15.0 Å². The van der Waals surface area contributed by atoms with E-state index in [1.807, 2.05) is 12.1 Å². The van der Waals surface area contributed by atoms with Gasteiger partial charge in [0.15, 0.2) is 0 Å². The van der Waals surface area contributed by atoms with Crippen LogP contribution in [0.2, 0.25) is 0 Å². The van der Waals surface area contributed by atoms with E-state index in [0.717, 1.165) is 37.8 Å². The standard InChI is InChI=1S/C17H23NO3/c1-2-14(13-7-3-4-9-15(13)19)18-10-11-6-5-8-12(11)16(18)17(20)21/h3-4,7,9,11-12,14,16,19H,2,5-6,8,10H2,1H3,(H,20,21). The molecule has 0 spiro atoms. The molecule has 1 aromatic carbocycles. The Morgan fingerprint density at radius 3 is 2.81 bits per heavy atom. The van der Waals surface area contributed by atoms with Crippen LogP contribution in [0.4, 0.5) is 0 Å². The summed E-state index contributed by atoms with van der Waals surface area (Å²) in [7, 11) is 0. The van der Waals surface area contributed by atoms with Crippen molar-refractivity contribution in [2.45, 2.75) is 44.7 Å². The number of hydrogen-bond acceptors (Lipinski definition) is 3.